The summed E-state index contributed by atoms with van der Waals surface area (Å²) in [5.74, 6) is -0.699. The smallest absolute Gasteiger partial charge is 0.323 e. The zero-order chi connectivity index (χ0) is 19.1. The number of amides is 2. The van der Waals surface area contributed by atoms with Gasteiger partial charge in [-0.05, 0) is 29.5 Å². The number of carboxylic acid groups (broad SMARTS) is 1. The molecule has 1 saturated heterocycles. The molecule has 1 aromatic carbocycles. The van der Waals surface area contributed by atoms with Crippen LogP contribution in [0.15, 0.2) is 24.3 Å². The van der Waals surface area contributed by atoms with Gasteiger partial charge in [0.05, 0.1) is 19.1 Å². The van der Waals surface area contributed by atoms with Crippen molar-refractivity contribution >= 4 is 17.8 Å². The quantitative estimate of drug-likeness (QED) is 0.850. The number of hydrogen-bond donors (Lipinski definition) is 1. The van der Waals surface area contributed by atoms with Gasteiger partial charge >= 0.3 is 5.97 Å². The summed E-state index contributed by atoms with van der Waals surface area (Å²) in [5.41, 5.74) is 0.0859. The number of carbonyl (C=O) groups is 3. The third-order valence-electron chi connectivity index (χ3n) is 5.62. The molecule has 0 spiro atoms. The summed E-state index contributed by atoms with van der Waals surface area (Å²) in [5, 5.41) is 8.87. The van der Waals surface area contributed by atoms with E-state index < -0.39 is 11.4 Å². The van der Waals surface area contributed by atoms with E-state index >= 15 is 0 Å². The number of methoxy groups -OCH3 is 1. The third-order valence-corrected chi connectivity index (χ3v) is 5.62. The fourth-order valence-corrected chi connectivity index (χ4v) is 3.96. The van der Waals surface area contributed by atoms with Crippen LogP contribution in [0.1, 0.15) is 25.8 Å². The van der Waals surface area contributed by atoms with E-state index in [0.717, 1.165) is 11.3 Å². The number of carbonyl (C=O) groups excluding carboxylic acids is 2. The Morgan fingerprint density at radius 3 is 2.27 bits per heavy atom. The maximum Gasteiger partial charge on any atom is 0.323 e. The summed E-state index contributed by atoms with van der Waals surface area (Å²) < 4.78 is 5.20. The molecule has 1 unspecified atom stereocenters. The van der Waals surface area contributed by atoms with E-state index in [1.54, 1.807) is 12.0 Å². The van der Waals surface area contributed by atoms with Crippen molar-refractivity contribution in [2.24, 2.45) is 5.41 Å². The molecule has 1 atom stereocenters. The van der Waals surface area contributed by atoms with Crippen molar-refractivity contribution in [1.29, 1.82) is 0 Å². The first-order valence-electron chi connectivity index (χ1n) is 8.65. The Kier molecular flexibility index (Phi) is 4.42. The molecule has 0 aromatic heterocycles. The summed E-state index contributed by atoms with van der Waals surface area (Å²) >= 11 is 0. The molecule has 1 saturated carbocycles. The van der Waals surface area contributed by atoms with Crippen molar-refractivity contribution in [3.05, 3.63) is 29.8 Å². The van der Waals surface area contributed by atoms with Crippen LogP contribution in [0, 0.1) is 5.41 Å². The van der Waals surface area contributed by atoms with Gasteiger partial charge in [0.2, 0.25) is 11.8 Å². The van der Waals surface area contributed by atoms with Crippen LogP contribution in [0.25, 0.3) is 0 Å². The first kappa shape index (κ1) is 18.2. The Morgan fingerprint density at radius 1 is 1.19 bits per heavy atom. The fraction of sp³-hybridized carbons (Fsp3) is 0.526. The molecule has 1 aromatic rings. The number of carboxylic acids is 1. The van der Waals surface area contributed by atoms with Crippen LogP contribution in [0.2, 0.25) is 0 Å². The molecule has 1 aliphatic carbocycles. The lowest BCUT2D eigenvalue weighted by Gasteiger charge is -2.36. The van der Waals surface area contributed by atoms with Crippen LogP contribution in [-0.4, -0.2) is 66.0 Å². The van der Waals surface area contributed by atoms with E-state index in [9.17, 15) is 14.4 Å². The minimum Gasteiger partial charge on any atom is -0.497 e. The highest BCUT2D eigenvalue weighted by Gasteiger charge is 2.68. The molecular formula is C19H24N2O5. The molecule has 3 rings (SSSR count). The van der Waals surface area contributed by atoms with Crippen molar-refractivity contribution in [2.75, 3.05) is 33.3 Å². The second-order valence-corrected chi connectivity index (χ2v) is 7.63. The number of rotatable bonds is 5. The average Bonchev–Trinajstić information content (AvgIpc) is 3.19. The van der Waals surface area contributed by atoms with Crippen molar-refractivity contribution in [3.8, 4) is 5.75 Å². The van der Waals surface area contributed by atoms with Crippen LogP contribution in [0.3, 0.4) is 0 Å². The van der Waals surface area contributed by atoms with Crippen LogP contribution in [0.5, 0.6) is 5.75 Å². The Labute approximate surface area is 152 Å². The molecule has 2 fully saturated rings. The van der Waals surface area contributed by atoms with Gasteiger partial charge in [0.1, 0.15) is 12.3 Å². The van der Waals surface area contributed by atoms with Crippen LogP contribution >= 0.6 is 0 Å². The second kappa shape index (κ2) is 6.30. The predicted octanol–water partition coefficient (Wildman–Crippen LogP) is 1.12. The lowest BCUT2D eigenvalue weighted by atomic mass is 9.86. The van der Waals surface area contributed by atoms with Crippen LogP contribution < -0.4 is 4.74 Å². The maximum absolute atomic E-state index is 13.3. The van der Waals surface area contributed by atoms with Gasteiger partial charge in [-0.3, -0.25) is 14.4 Å². The molecule has 2 aliphatic rings. The van der Waals surface area contributed by atoms with Gasteiger partial charge in [-0.1, -0.05) is 26.0 Å². The summed E-state index contributed by atoms with van der Waals surface area (Å²) in [7, 11) is 1.60. The Bertz CT molecular complexity index is 743. The standard InChI is InChI=1S/C19H24N2O5/c1-18(2)12-19(18,13-4-6-14(26-3)7-5-13)17(25)21-9-8-20(11-16(23)24)15(22)10-21/h4-7H,8-12H2,1-3H3,(H,23,24). The molecule has 7 nitrogen and oxygen atoms in total. The number of ether oxygens (including phenoxy) is 1. The Hall–Kier alpha value is -2.57. The number of piperazine rings is 1. The summed E-state index contributed by atoms with van der Waals surface area (Å²) in [6, 6.07) is 7.51. The summed E-state index contributed by atoms with van der Waals surface area (Å²) in [6.45, 7) is 4.31. The van der Waals surface area contributed by atoms with Gasteiger partial charge in [0, 0.05) is 13.1 Å². The van der Waals surface area contributed by atoms with Crippen LogP contribution in [0.4, 0.5) is 0 Å². The molecule has 1 heterocycles. The fourth-order valence-electron chi connectivity index (χ4n) is 3.96. The van der Waals surface area contributed by atoms with Gasteiger partial charge < -0.3 is 19.6 Å². The predicted molar refractivity (Wildman–Crippen MR) is 93.9 cm³/mol. The lowest BCUT2D eigenvalue weighted by molar-refractivity contribution is -0.151. The molecule has 2 amide bonds. The van der Waals surface area contributed by atoms with Crippen molar-refractivity contribution in [3.63, 3.8) is 0 Å². The topological polar surface area (TPSA) is 87.2 Å². The van der Waals surface area contributed by atoms with Gasteiger partial charge in [-0.2, -0.15) is 0 Å². The van der Waals surface area contributed by atoms with E-state index in [0.29, 0.717) is 13.0 Å². The third kappa shape index (κ3) is 2.91. The molecule has 0 bridgehead atoms. The second-order valence-electron chi connectivity index (χ2n) is 7.63. The Morgan fingerprint density at radius 2 is 1.81 bits per heavy atom. The molecule has 0 radical (unpaired) electrons. The van der Waals surface area contributed by atoms with Gasteiger partial charge in [-0.15, -0.1) is 0 Å². The SMILES string of the molecule is COc1ccc(C2(C(=O)N3CCN(CC(=O)O)C(=O)C3)CC2(C)C)cc1. The van der Waals surface area contributed by atoms with Crippen molar-refractivity contribution in [1.82, 2.24) is 9.80 Å². The molecule has 1 aliphatic heterocycles. The van der Waals surface area contributed by atoms with Crippen LogP contribution in [-0.2, 0) is 19.8 Å². The number of hydrogen-bond acceptors (Lipinski definition) is 4. The normalized spacial score (nSPS) is 24.3. The molecule has 1 N–H and O–H groups in total. The van der Waals surface area contributed by atoms with Gasteiger partial charge in [-0.25, -0.2) is 0 Å². The molecular weight excluding hydrogens is 336 g/mol. The molecule has 26 heavy (non-hydrogen) atoms. The highest BCUT2D eigenvalue weighted by molar-refractivity contribution is 5.96. The zero-order valence-corrected chi connectivity index (χ0v) is 15.3. The van der Waals surface area contributed by atoms with E-state index in [2.05, 4.69) is 13.8 Å². The first-order chi connectivity index (χ1) is 12.2. The van der Waals surface area contributed by atoms with Gasteiger partial charge in [0.25, 0.3) is 0 Å². The first-order valence-corrected chi connectivity index (χ1v) is 8.65. The lowest BCUT2D eigenvalue weighted by Crippen LogP contribution is -2.55. The average molecular weight is 360 g/mol. The minimum absolute atomic E-state index is 0.0593. The number of aliphatic carboxylic acids is 1. The van der Waals surface area contributed by atoms with E-state index in [1.165, 1.54) is 4.90 Å². The van der Waals surface area contributed by atoms with Gasteiger partial charge in [0.15, 0.2) is 0 Å². The van der Waals surface area contributed by atoms with Crippen molar-refractivity contribution in [2.45, 2.75) is 25.7 Å². The highest BCUT2D eigenvalue weighted by atomic mass is 16.5. The monoisotopic (exact) mass is 360 g/mol. The highest BCUT2D eigenvalue weighted by Crippen LogP contribution is 2.65. The van der Waals surface area contributed by atoms with E-state index in [-0.39, 0.29) is 36.9 Å². The van der Waals surface area contributed by atoms with E-state index in [1.807, 2.05) is 24.3 Å². The van der Waals surface area contributed by atoms with Crippen molar-refractivity contribution < 1.29 is 24.2 Å². The zero-order valence-electron chi connectivity index (χ0n) is 15.3. The molecule has 7 heteroatoms. The minimum atomic E-state index is -1.05. The Balaban J connectivity index is 1.80. The number of benzene rings is 1. The number of nitrogens with zero attached hydrogens (tertiary/aromatic N) is 2. The molecule has 140 valence electrons. The maximum atomic E-state index is 13.3. The largest absolute Gasteiger partial charge is 0.497 e. The summed E-state index contributed by atoms with van der Waals surface area (Å²) in [6.07, 6.45) is 0.717. The van der Waals surface area contributed by atoms with E-state index in [4.69, 9.17) is 9.84 Å². The summed E-state index contributed by atoms with van der Waals surface area (Å²) in [4.78, 5) is 39.2.